The van der Waals surface area contributed by atoms with Gasteiger partial charge in [0.2, 0.25) is 0 Å². The van der Waals surface area contributed by atoms with Gasteiger partial charge in [0.25, 0.3) is 0 Å². The summed E-state index contributed by atoms with van der Waals surface area (Å²) in [5, 5.41) is 0. The average Bonchev–Trinajstić information content (AvgIpc) is 2.35. The average molecular weight is 294 g/mol. The quantitative estimate of drug-likeness (QED) is 0.446. The van der Waals surface area contributed by atoms with Crippen molar-refractivity contribution in [1.29, 1.82) is 0 Å². The zero-order valence-electron chi connectivity index (χ0n) is 13.9. The fourth-order valence-corrected chi connectivity index (χ4v) is 2.78. The van der Waals surface area contributed by atoms with Gasteiger partial charge < -0.3 is 4.74 Å². The summed E-state index contributed by atoms with van der Waals surface area (Å²) in [6.45, 7) is 6.27. The van der Waals surface area contributed by atoms with E-state index in [-0.39, 0.29) is 17.2 Å². The maximum absolute atomic E-state index is 11.8. The maximum Gasteiger partial charge on any atom is 0.310 e. The lowest BCUT2D eigenvalue weighted by atomic mass is 9.79. The van der Waals surface area contributed by atoms with Gasteiger partial charge in [-0.2, -0.15) is 0 Å². The third-order valence-electron chi connectivity index (χ3n) is 3.86. The molecule has 3 nitrogen and oxygen atoms in total. The van der Waals surface area contributed by atoms with E-state index in [2.05, 4.69) is 6.92 Å². The van der Waals surface area contributed by atoms with E-state index in [0.29, 0.717) is 25.0 Å². The molecular weight excluding hydrogens is 264 g/mol. The normalized spacial score (nSPS) is 17.5. The molecule has 1 rings (SSSR count). The molecule has 0 aromatic heterocycles. The Morgan fingerprint density at radius 1 is 1.10 bits per heavy atom. The summed E-state index contributed by atoms with van der Waals surface area (Å²) >= 11 is 0. The van der Waals surface area contributed by atoms with Crippen LogP contribution >= 0.6 is 0 Å². The van der Waals surface area contributed by atoms with Crippen molar-refractivity contribution in [2.24, 2.45) is 5.41 Å². The Balaban J connectivity index is 2.18. The largest absolute Gasteiger partial charge is 0.431 e. The molecule has 1 aliphatic rings. The predicted octanol–water partition coefficient (Wildman–Crippen LogP) is 4.94. The number of unbranched alkanes of at least 4 members (excludes halogenated alkanes) is 6. The summed E-state index contributed by atoms with van der Waals surface area (Å²) in [6, 6.07) is 0. The summed E-state index contributed by atoms with van der Waals surface area (Å²) in [4.78, 5) is 23.4. The monoisotopic (exact) mass is 294 g/mol. The summed E-state index contributed by atoms with van der Waals surface area (Å²) < 4.78 is 5.34. The fraction of sp³-hybridized carbons (Fsp3) is 0.778. The summed E-state index contributed by atoms with van der Waals surface area (Å²) in [7, 11) is 0. The van der Waals surface area contributed by atoms with Crippen molar-refractivity contribution in [1.82, 2.24) is 0 Å². The maximum atomic E-state index is 11.8. The SMILES string of the molecule is CCCCCCCCCC(=O)OC1=CC(=O)CC(C)(C)C1. The standard InChI is InChI=1S/C18H30O3/c1-4-5-6-7-8-9-10-11-17(20)21-16-12-15(19)13-18(2,3)14-16/h12H,4-11,13-14H2,1-3H3. The first kappa shape index (κ1) is 17.9. The summed E-state index contributed by atoms with van der Waals surface area (Å²) in [5.74, 6) is 0.412. The van der Waals surface area contributed by atoms with Crippen LogP contribution in [0.15, 0.2) is 11.8 Å². The Kier molecular flexibility index (Phi) is 7.69. The Morgan fingerprint density at radius 3 is 2.33 bits per heavy atom. The van der Waals surface area contributed by atoms with E-state index < -0.39 is 0 Å². The van der Waals surface area contributed by atoms with Crippen molar-refractivity contribution in [2.45, 2.75) is 85.0 Å². The molecule has 3 heteroatoms. The van der Waals surface area contributed by atoms with Crippen molar-refractivity contribution in [3.8, 4) is 0 Å². The van der Waals surface area contributed by atoms with E-state index >= 15 is 0 Å². The summed E-state index contributed by atoms with van der Waals surface area (Å²) in [5.41, 5.74) is -0.0965. The molecule has 0 spiro atoms. The molecule has 0 atom stereocenters. The minimum Gasteiger partial charge on any atom is -0.431 e. The van der Waals surface area contributed by atoms with Gasteiger partial charge in [-0.25, -0.2) is 0 Å². The molecule has 0 unspecified atom stereocenters. The molecule has 0 aromatic carbocycles. The molecule has 1 aliphatic carbocycles. The van der Waals surface area contributed by atoms with E-state index in [4.69, 9.17) is 4.74 Å². The van der Waals surface area contributed by atoms with Gasteiger partial charge in [0.1, 0.15) is 5.76 Å². The van der Waals surface area contributed by atoms with E-state index in [9.17, 15) is 9.59 Å². The number of esters is 1. The number of carbonyl (C=O) groups is 2. The number of allylic oxidation sites excluding steroid dienone is 2. The molecule has 21 heavy (non-hydrogen) atoms. The van der Waals surface area contributed by atoms with E-state index in [1.54, 1.807) is 0 Å². The first-order chi connectivity index (χ1) is 9.93. The van der Waals surface area contributed by atoms with Crippen LogP contribution in [0.5, 0.6) is 0 Å². The van der Waals surface area contributed by atoms with Crippen LogP contribution in [-0.2, 0) is 14.3 Å². The Morgan fingerprint density at radius 2 is 1.71 bits per heavy atom. The third kappa shape index (κ3) is 8.03. The van der Waals surface area contributed by atoms with E-state index in [1.165, 1.54) is 38.2 Å². The number of carbonyl (C=O) groups excluding carboxylic acids is 2. The van der Waals surface area contributed by atoms with Crippen molar-refractivity contribution in [2.75, 3.05) is 0 Å². The molecule has 120 valence electrons. The topological polar surface area (TPSA) is 43.4 Å². The molecule has 0 saturated heterocycles. The Labute approximate surface area is 129 Å². The van der Waals surface area contributed by atoms with Crippen LogP contribution < -0.4 is 0 Å². The third-order valence-corrected chi connectivity index (χ3v) is 3.86. The molecule has 0 bridgehead atoms. The summed E-state index contributed by atoms with van der Waals surface area (Å²) in [6.07, 6.45) is 11.4. The number of ketones is 1. The number of hydrogen-bond acceptors (Lipinski definition) is 3. The minimum absolute atomic E-state index is 0.0602. The molecule has 0 amide bonds. The van der Waals surface area contributed by atoms with Gasteiger partial charge in [0, 0.05) is 25.3 Å². The Hall–Kier alpha value is -1.12. The van der Waals surface area contributed by atoms with Crippen LogP contribution in [0.3, 0.4) is 0 Å². The van der Waals surface area contributed by atoms with Crippen LogP contribution in [0.25, 0.3) is 0 Å². The second-order valence-corrected chi connectivity index (χ2v) is 6.94. The number of hydrogen-bond donors (Lipinski definition) is 0. The lowest BCUT2D eigenvalue weighted by Gasteiger charge is -2.27. The molecular formula is C18H30O3. The van der Waals surface area contributed by atoms with E-state index in [1.807, 2.05) is 13.8 Å². The lowest BCUT2D eigenvalue weighted by Crippen LogP contribution is -2.23. The molecule has 0 N–H and O–H groups in total. The van der Waals surface area contributed by atoms with Gasteiger partial charge in [0.15, 0.2) is 5.78 Å². The second kappa shape index (κ2) is 9.01. The number of ether oxygens (including phenoxy) is 1. The van der Waals surface area contributed by atoms with Gasteiger partial charge in [-0.1, -0.05) is 59.3 Å². The zero-order valence-corrected chi connectivity index (χ0v) is 13.9. The van der Waals surface area contributed by atoms with Crippen LogP contribution in [0.4, 0.5) is 0 Å². The zero-order chi connectivity index (χ0) is 15.7. The predicted molar refractivity (Wildman–Crippen MR) is 84.8 cm³/mol. The smallest absolute Gasteiger partial charge is 0.310 e. The van der Waals surface area contributed by atoms with Crippen LogP contribution in [-0.4, -0.2) is 11.8 Å². The van der Waals surface area contributed by atoms with Crippen LogP contribution in [0, 0.1) is 5.41 Å². The first-order valence-electron chi connectivity index (χ1n) is 8.37. The van der Waals surface area contributed by atoms with Gasteiger partial charge in [-0.15, -0.1) is 0 Å². The van der Waals surface area contributed by atoms with Gasteiger partial charge in [-0.3, -0.25) is 9.59 Å². The van der Waals surface area contributed by atoms with E-state index in [0.717, 1.165) is 12.8 Å². The van der Waals surface area contributed by atoms with Crippen molar-refractivity contribution >= 4 is 11.8 Å². The molecule has 0 radical (unpaired) electrons. The molecule has 0 aromatic rings. The highest BCUT2D eigenvalue weighted by atomic mass is 16.5. The minimum atomic E-state index is -0.194. The molecule has 0 aliphatic heterocycles. The van der Waals surface area contributed by atoms with Gasteiger partial charge in [0.05, 0.1) is 0 Å². The molecule has 0 heterocycles. The first-order valence-corrected chi connectivity index (χ1v) is 8.37. The van der Waals surface area contributed by atoms with Crippen LogP contribution in [0.1, 0.15) is 85.0 Å². The van der Waals surface area contributed by atoms with Gasteiger partial charge in [-0.05, 0) is 11.8 Å². The highest BCUT2D eigenvalue weighted by Gasteiger charge is 2.29. The second-order valence-electron chi connectivity index (χ2n) is 6.94. The van der Waals surface area contributed by atoms with Gasteiger partial charge >= 0.3 is 5.97 Å². The number of rotatable bonds is 9. The van der Waals surface area contributed by atoms with Crippen molar-refractivity contribution in [3.63, 3.8) is 0 Å². The Bertz CT molecular complexity index is 380. The van der Waals surface area contributed by atoms with Crippen LogP contribution in [0.2, 0.25) is 0 Å². The molecule has 0 saturated carbocycles. The van der Waals surface area contributed by atoms with Crippen molar-refractivity contribution < 1.29 is 14.3 Å². The molecule has 0 fully saturated rings. The highest BCUT2D eigenvalue weighted by molar-refractivity contribution is 5.92. The lowest BCUT2D eigenvalue weighted by molar-refractivity contribution is -0.140. The fourth-order valence-electron chi connectivity index (χ4n) is 2.78. The van der Waals surface area contributed by atoms with Crippen molar-refractivity contribution in [3.05, 3.63) is 11.8 Å². The highest BCUT2D eigenvalue weighted by Crippen LogP contribution is 2.34.